The molecule has 3 rings (SSSR count). The minimum absolute atomic E-state index is 0.0789. The molecule has 0 saturated heterocycles. The minimum Gasteiger partial charge on any atom is -0.367 e. The summed E-state index contributed by atoms with van der Waals surface area (Å²) in [5.41, 5.74) is 3.62. The van der Waals surface area contributed by atoms with Gasteiger partial charge < -0.3 is 15.4 Å². The molecule has 10 heteroatoms. The van der Waals surface area contributed by atoms with Crippen molar-refractivity contribution in [3.8, 4) is 11.4 Å². The highest BCUT2D eigenvalue weighted by molar-refractivity contribution is 5.79. The number of H-pyrrole nitrogens is 1. The summed E-state index contributed by atoms with van der Waals surface area (Å²) in [5.74, 6) is 1.36. The summed E-state index contributed by atoms with van der Waals surface area (Å²) in [6.07, 6.45) is -2.85. The van der Waals surface area contributed by atoms with Crippen LogP contribution in [0.25, 0.3) is 11.4 Å². The van der Waals surface area contributed by atoms with Gasteiger partial charge in [0.25, 0.3) is 0 Å². The zero-order valence-corrected chi connectivity index (χ0v) is 17.6. The van der Waals surface area contributed by atoms with Crippen LogP contribution in [0, 0.1) is 0 Å². The van der Waals surface area contributed by atoms with Gasteiger partial charge in [-0.25, -0.2) is 9.98 Å². The predicted octanol–water partition coefficient (Wildman–Crippen LogP) is 3.81. The van der Waals surface area contributed by atoms with Crippen molar-refractivity contribution in [2.75, 3.05) is 13.2 Å². The smallest absolute Gasteiger partial charge is 0.367 e. The molecule has 3 N–H and O–H groups in total. The van der Waals surface area contributed by atoms with Gasteiger partial charge in [0.05, 0.1) is 13.2 Å². The van der Waals surface area contributed by atoms with E-state index in [-0.39, 0.29) is 6.61 Å². The van der Waals surface area contributed by atoms with Crippen molar-refractivity contribution in [1.82, 2.24) is 25.8 Å². The lowest BCUT2D eigenvalue weighted by Crippen LogP contribution is -2.36. The Bertz CT molecular complexity index is 988. The molecule has 3 aromatic rings. The minimum atomic E-state index is -4.32. The number of nitrogens with one attached hydrogen (secondary N) is 3. The number of ether oxygens (including phenoxy) is 1. The maximum absolute atomic E-state index is 12.2. The van der Waals surface area contributed by atoms with Gasteiger partial charge in [-0.05, 0) is 29.7 Å². The zero-order valence-electron chi connectivity index (χ0n) is 17.6. The number of aliphatic imine (C=N–C) groups is 1. The molecular weight excluding hydrogens is 421 g/mol. The first-order valence-electron chi connectivity index (χ1n) is 10.1. The van der Waals surface area contributed by atoms with Crippen LogP contribution in [0.15, 0.2) is 59.9 Å². The molecule has 0 atom stereocenters. The van der Waals surface area contributed by atoms with Gasteiger partial charge in [0.1, 0.15) is 12.9 Å². The van der Waals surface area contributed by atoms with Gasteiger partial charge in [-0.2, -0.15) is 18.3 Å². The molecule has 0 aliphatic carbocycles. The number of hydrogen-bond acceptors (Lipinski definition) is 4. The molecule has 0 radical (unpaired) electrons. The average Bonchev–Trinajstić information content (AvgIpc) is 3.31. The largest absolute Gasteiger partial charge is 0.411 e. The van der Waals surface area contributed by atoms with Crippen molar-refractivity contribution >= 4 is 5.96 Å². The molecule has 0 spiro atoms. The van der Waals surface area contributed by atoms with Crippen LogP contribution in [0.4, 0.5) is 13.2 Å². The van der Waals surface area contributed by atoms with E-state index in [0.29, 0.717) is 37.0 Å². The fourth-order valence-electron chi connectivity index (χ4n) is 2.90. The number of hydrogen-bond donors (Lipinski definition) is 3. The van der Waals surface area contributed by atoms with Gasteiger partial charge >= 0.3 is 6.18 Å². The number of aromatic nitrogens is 3. The summed E-state index contributed by atoms with van der Waals surface area (Å²) in [7, 11) is 0. The molecule has 170 valence electrons. The molecule has 7 nitrogen and oxygen atoms in total. The van der Waals surface area contributed by atoms with E-state index in [4.69, 9.17) is 0 Å². The van der Waals surface area contributed by atoms with Gasteiger partial charge in [0.2, 0.25) is 0 Å². The molecule has 32 heavy (non-hydrogen) atoms. The summed E-state index contributed by atoms with van der Waals surface area (Å²) >= 11 is 0. The molecule has 0 bridgehead atoms. The number of benzene rings is 2. The summed E-state index contributed by atoms with van der Waals surface area (Å²) in [4.78, 5) is 8.79. The van der Waals surface area contributed by atoms with Crippen molar-refractivity contribution in [2.24, 2.45) is 4.99 Å². The Morgan fingerprint density at radius 2 is 1.84 bits per heavy atom. The molecule has 1 heterocycles. The second-order valence-electron chi connectivity index (χ2n) is 7.01. The van der Waals surface area contributed by atoms with Crippen LogP contribution in [0.3, 0.4) is 0 Å². The third-order valence-corrected chi connectivity index (χ3v) is 4.40. The van der Waals surface area contributed by atoms with Gasteiger partial charge in [-0.1, -0.05) is 42.5 Å². The van der Waals surface area contributed by atoms with Gasteiger partial charge in [-0.3, -0.25) is 5.10 Å². The number of rotatable bonds is 9. The summed E-state index contributed by atoms with van der Waals surface area (Å²) < 4.78 is 41.2. The van der Waals surface area contributed by atoms with Gasteiger partial charge in [0.15, 0.2) is 11.8 Å². The van der Waals surface area contributed by atoms with Crippen molar-refractivity contribution < 1.29 is 17.9 Å². The highest BCUT2D eigenvalue weighted by atomic mass is 19.4. The highest BCUT2D eigenvalue weighted by Crippen LogP contribution is 2.17. The van der Waals surface area contributed by atoms with Crippen LogP contribution >= 0.6 is 0 Å². The molecule has 0 amide bonds. The van der Waals surface area contributed by atoms with Crippen LogP contribution in [0.5, 0.6) is 0 Å². The first-order chi connectivity index (χ1) is 15.4. The lowest BCUT2D eigenvalue weighted by atomic mass is 10.1. The summed E-state index contributed by atoms with van der Waals surface area (Å²) in [6, 6.07) is 15.1. The maximum atomic E-state index is 12.2. The number of nitrogens with zero attached hydrogens (tertiary/aromatic N) is 3. The topological polar surface area (TPSA) is 87.2 Å². The first-order valence-corrected chi connectivity index (χ1v) is 10.1. The molecule has 0 unspecified atom stereocenters. The Morgan fingerprint density at radius 3 is 2.53 bits per heavy atom. The van der Waals surface area contributed by atoms with E-state index in [1.54, 1.807) is 12.1 Å². The normalized spacial score (nSPS) is 12.1. The van der Waals surface area contributed by atoms with Crippen LogP contribution in [0.2, 0.25) is 0 Å². The molecule has 2 aromatic carbocycles. The van der Waals surface area contributed by atoms with Crippen LogP contribution in [-0.2, 0) is 24.4 Å². The zero-order chi connectivity index (χ0) is 22.8. The molecule has 1 aromatic heterocycles. The molecule has 0 aliphatic heterocycles. The van der Waals surface area contributed by atoms with Crippen LogP contribution in [-0.4, -0.2) is 40.5 Å². The predicted molar refractivity (Wildman–Crippen MR) is 116 cm³/mol. The number of halogens is 3. The third kappa shape index (κ3) is 7.69. The van der Waals surface area contributed by atoms with Crippen molar-refractivity contribution in [3.63, 3.8) is 0 Å². The number of aromatic amines is 1. The van der Waals surface area contributed by atoms with Crippen LogP contribution in [0.1, 0.15) is 23.6 Å². The first kappa shape index (κ1) is 23.3. The molecule has 0 fully saturated rings. The van der Waals surface area contributed by atoms with E-state index < -0.39 is 12.8 Å². The molecule has 0 aliphatic rings. The van der Waals surface area contributed by atoms with E-state index in [1.807, 2.05) is 43.3 Å². The van der Waals surface area contributed by atoms with Gasteiger partial charge in [0, 0.05) is 18.7 Å². The fourth-order valence-corrected chi connectivity index (χ4v) is 2.90. The van der Waals surface area contributed by atoms with Crippen LogP contribution < -0.4 is 10.6 Å². The lowest BCUT2D eigenvalue weighted by molar-refractivity contribution is -0.176. The Balaban J connectivity index is 1.54. The third-order valence-electron chi connectivity index (χ3n) is 4.40. The molecule has 0 saturated carbocycles. The van der Waals surface area contributed by atoms with E-state index in [2.05, 4.69) is 35.5 Å². The Labute approximate surface area is 184 Å². The Kier molecular flexibility index (Phi) is 8.20. The number of guanidine groups is 1. The Morgan fingerprint density at radius 1 is 1.06 bits per heavy atom. The second-order valence-corrected chi connectivity index (χ2v) is 7.01. The Hall–Kier alpha value is -3.40. The standard InChI is InChI=1S/C22H25F3N6O/c1-2-26-21(28-12-18-4-3-5-19(10-18)20-29-15-30-31-20)27-11-16-6-8-17(9-7-16)13-32-14-22(23,24)25/h3-10,15H,2,11-14H2,1H3,(H2,26,27,28)(H,29,30,31). The second kappa shape index (κ2) is 11.3. The maximum Gasteiger partial charge on any atom is 0.411 e. The summed E-state index contributed by atoms with van der Waals surface area (Å²) in [5, 5.41) is 13.2. The van der Waals surface area contributed by atoms with Crippen molar-refractivity contribution in [1.29, 1.82) is 0 Å². The average molecular weight is 446 g/mol. The molecular formula is C22H25F3N6O. The lowest BCUT2D eigenvalue weighted by Gasteiger charge is -2.12. The fraction of sp³-hybridized carbons (Fsp3) is 0.318. The van der Waals surface area contributed by atoms with E-state index in [9.17, 15) is 13.2 Å². The van der Waals surface area contributed by atoms with E-state index in [0.717, 1.165) is 16.7 Å². The van der Waals surface area contributed by atoms with Crippen molar-refractivity contribution in [3.05, 3.63) is 71.5 Å². The highest BCUT2D eigenvalue weighted by Gasteiger charge is 2.27. The van der Waals surface area contributed by atoms with E-state index >= 15 is 0 Å². The van der Waals surface area contributed by atoms with Gasteiger partial charge in [-0.15, -0.1) is 0 Å². The quantitative estimate of drug-likeness (QED) is 0.344. The monoisotopic (exact) mass is 446 g/mol. The summed E-state index contributed by atoms with van der Waals surface area (Å²) in [6.45, 7) is 2.36. The SMILES string of the molecule is CCNC(=NCc1cccc(-c2ncn[nH]2)c1)NCc1ccc(COCC(F)(F)F)cc1. The number of alkyl halides is 3. The van der Waals surface area contributed by atoms with E-state index in [1.165, 1.54) is 6.33 Å². The van der Waals surface area contributed by atoms with Crippen molar-refractivity contribution in [2.45, 2.75) is 32.8 Å².